The van der Waals surface area contributed by atoms with Crippen molar-refractivity contribution in [3.8, 4) is 11.3 Å². The molecule has 0 unspecified atom stereocenters. The first-order chi connectivity index (χ1) is 10.5. The van der Waals surface area contributed by atoms with Crippen molar-refractivity contribution in [3.05, 3.63) is 46.1 Å². The lowest BCUT2D eigenvalue weighted by Crippen LogP contribution is -2.46. The molecular weight excluding hydrogens is 339 g/mol. The Labute approximate surface area is 145 Å². The Hall–Kier alpha value is -1.07. The van der Waals surface area contributed by atoms with Crippen LogP contribution in [0.15, 0.2) is 34.7 Å². The molecule has 22 heavy (non-hydrogen) atoms. The number of hydrogen-bond acceptors (Lipinski definition) is 3. The Balaban J connectivity index is 1.78. The van der Waals surface area contributed by atoms with Crippen molar-refractivity contribution in [2.45, 2.75) is 0 Å². The molecule has 0 amide bonds. The van der Waals surface area contributed by atoms with Gasteiger partial charge in [-0.3, -0.25) is 0 Å². The van der Waals surface area contributed by atoms with Gasteiger partial charge in [0.2, 0.25) is 0 Å². The molecule has 3 nitrogen and oxygen atoms in total. The minimum absolute atomic E-state index is 0.513. The number of likely N-dealkylation sites (N-methyl/N-ethyl adjacent to an activating group) is 1. The molecule has 0 N–H and O–H groups in total. The topological polar surface area (TPSA) is 19.6 Å². The van der Waals surface area contributed by atoms with Crippen LogP contribution in [0.25, 0.3) is 11.3 Å². The van der Waals surface area contributed by atoms with Gasteiger partial charge in [0, 0.05) is 31.7 Å². The van der Waals surface area contributed by atoms with E-state index < -0.39 is 0 Å². The molecule has 116 valence electrons. The van der Waals surface area contributed by atoms with Gasteiger partial charge in [-0.25, -0.2) is 0 Å². The number of furan rings is 1. The molecule has 2 heterocycles. The molecule has 0 radical (unpaired) electrons. The van der Waals surface area contributed by atoms with E-state index in [0.717, 1.165) is 48.3 Å². The molecule has 0 aliphatic carbocycles. The molecule has 0 saturated carbocycles. The van der Waals surface area contributed by atoms with Gasteiger partial charge in [-0.05, 0) is 37.4 Å². The van der Waals surface area contributed by atoms with E-state index in [1.165, 1.54) is 0 Å². The molecule has 1 aliphatic heterocycles. The number of hydrogen-bond donors (Lipinski definition) is 0. The lowest BCUT2D eigenvalue weighted by Gasteiger charge is -2.33. The molecule has 0 atom stereocenters. The van der Waals surface area contributed by atoms with Crippen LogP contribution >= 0.6 is 35.4 Å². The van der Waals surface area contributed by atoms with E-state index >= 15 is 0 Å². The fraction of sp³-hybridized carbons (Fsp3) is 0.312. The lowest BCUT2D eigenvalue weighted by atomic mass is 10.2. The highest BCUT2D eigenvalue weighted by atomic mass is 35.5. The van der Waals surface area contributed by atoms with Gasteiger partial charge in [-0.2, -0.15) is 0 Å². The zero-order valence-electron chi connectivity index (χ0n) is 12.2. The summed E-state index contributed by atoms with van der Waals surface area (Å²) in [5.41, 5.74) is 0.891. The minimum Gasteiger partial charge on any atom is -0.454 e. The minimum atomic E-state index is 0.513. The smallest absolute Gasteiger partial charge is 0.162 e. The summed E-state index contributed by atoms with van der Waals surface area (Å²) in [4.78, 5) is 5.24. The van der Waals surface area contributed by atoms with Gasteiger partial charge in [-0.1, -0.05) is 35.4 Å². The molecule has 6 heteroatoms. The second-order valence-corrected chi connectivity index (χ2v) is 6.59. The molecule has 1 fully saturated rings. The molecular formula is C16H16Cl2N2OS. The van der Waals surface area contributed by atoms with Gasteiger partial charge in [0.1, 0.15) is 10.7 Å². The van der Waals surface area contributed by atoms with Gasteiger partial charge in [0.25, 0.3) is 0 Å². The van der Waals surface area contributed by atoms with E-state index in [1.54, 1.807) is 12.1 Å². The van der Waals surface area contributed by atoms with Crippen LogP contribution in [0.3, 0.4) is 0 Å². The van der Waals surface area contributed by atoms with E-state index in [9.17, 15) is 0 Å². The quantitative estimate of drug-likeness (QED) is 0.753. The zero-order valence-corrected chi connectivity index (χ0v) is 14.5. The van der Waals surface area contributed by atoms with Crippen LogP contribution in [0, 0.1) is 0 Å². The van der Waals surface area contributed by atoms with Gasteiger partial charge in [-0.15, -0.1) is 0 Å². The Bertz CT molecular complexity index is 693. The van der Waals surface area contributed by atoms with E-state index in [1.807, 2.05) is 18.2 Å². The zero-order chi connectivity index (χ0) is 15.7. The highest BCUT2D eigenvalue weighted by molar-refractivity contribution is 7.80. The van der Waals surface area contributed by atoms with Crippen molar-refractivity contribution in [1.29, 1.82) is 0 Å². The summed E-state index contributed by atoms with van der Waals surface area (Å²) in [7, 11) is 2.12. The summed E-state index contributed by atoms with van der Waals surface area (Å²) in [5.74, 6) is 1.46. The average Bonchev–Trinajstić information content (AvgIpc) is 3.00. The maximum atomic E-state index is 6.06. The second-order valence-electron chi connectivity index (χ2n) is 5.39. The van der Waals surface area contributed by atoms with E-state index in [0.29, 0.717) is 10.0 Å². The maximum Gasteiger partial charge on any atom is 0.162 e. The monoisotopic (exact) mass is 354 g/mol. The van der Waals surface area contributed by atoms with Crippen molar-refractivity contribution in [1.82, 2.24) is 9.80 Å². The summed E-state index contributed by atoms with van der Waals surface area (Å²) in [5, 5.41) is 1.05. The number of piperazine rings is 1. The molecule has 1 saturated heterocycles. The Kier molecular flexibility index (Phi) is 4.73. The van der Waals surface area contributed by atoms with Crippen LogP contribution < -0.4 is 0 Å². The van der Waals surface area contributed by atoms with Crippen LogP contribution in [0.2, 0.25) is 10.0 Å². The van der Waals surface area contributed by atoms with Crippen LogP contribution in [0.4, 0.5) is 0 Å². The van der Waals surface area contributed by atoms with E-state index in [2.05, 4.69) is 16.8 Å². The maximum absolute atomic E-state index is 6.06. The Morgan fingerprint density at radius 2 is 1.77 bits per heavy atom. The summed E-state index contributed by atoms with van der Waals surface area (Å²) in [6.45, 7) is 3.89. The normalized spacial score (nSPS) is 16.0. The Morgan fingerprint density at radius 3 is 2.45 bits per heavy atom. The Morgan fingerprint density at radius 1 is 1.05 bits per heavy atom. The predicted octanol–water partition coefficient (Wildman–Crippen LogP) is 4.18. The summed E-state index contributed by atoms with van der Waals surface area (Å²) in [6.07, 6.45) is 0. The van der Waals surface area contributed by atoms with Gasteiger partial charge >= 0.3 is 0 Å². The first kappa shape index (κ1) is 15.8. The molecule has 3 rings (SSSR count). The average molecular weight is 355 g/mol. The van der Waals surface area contributed by atoms with Crippen LogP contribution in [0.1, 0.15) is 5.76 Å². The molecule has 2 aromatic rings. The van der Waals surface area contributed by atoms with Crippen molar-refractivity contribution in [3.63, 3.8) is 0 Å². The number of thiocarbonyl (C=S) groups is 1. The first-order valence-corrected chi connectivity index (χ1v) is 8.24. The third-order valence-electron chi connectivity index (χ3n) is 3.81. The number of rotatable bonds is 2. The number of benzene rings is 1. The fourth-order valence-electron chi connectivity index (χ4n) is 2.42. The van der Waals surface area contributed by atoms with Crippen molar-refractivity contribution >= 4 is 40.4 Å². The van der Waals surface area contributed by atoms with E-state index in [4.69, 9.17) is 39.8 Å². The SMILES string of the molecule is CN1CCN(C(=S)c2ccc(-c3ccc(Cl)c(Cl)c3)o2)CC1. The van der Waals surface area contributed by atoms with Gasteiger partial charge < -0.3 is 14.2 Å². The summed E-state index contributed by atoms with van der Waals surface area (Å²) in [6, 6.07) is 9.27. The van der Waals surface area contributed by atoms with Crippen LogP contribution in [-0.4, -0.2) is 48.0 Å². The number of nitrogens with zero attached hydrogens (tertiary/aromatic N) is 2. The summed E-state index contributed by atoms with van der Waals surface area (Å²) >= 11 is 17.6. The second kappa shape index (κ2) is 6.59. The highest BCUT2D eigenvalue weighted by Crippen LogP contribution is 2.30. The van der Waals surface area contributed by atoms with Crippen molar-refractivity contribution < 1.29 is 4.42 Å². The van der Waals surface area contributed by atoms with Gasteiger partial charge in [0.15, 0.2) is 5.76 Å². The van der Waals surface area contributed by atoms with E-state index in [-0.39, 0.29) is 0 Å². The largest absolute Gasteiger partial charge is 0.454 e. The van der Waals surface area contributed by atoms with Gasteiger partial charge in [0.05, 0.1) is 10.0 Å². The lowest BCUT2D eigenvalue weighted by molar-refractivity contribution is 0.216. The molecule has 1 aliphatic rings. The van der Waals surface area contributed by atoms with Crippen LogP contribution in [-0.2, 0) is 0 Å². The van der Waals surface area contributed by atoms with Crippen LogP contribution in [0.5, 0.6) is 0 Å². The summed E-state index contributed by atoms with van der Waals surface area (Å²) < 4.78 is 5.91. The molecule has 1 aromatic carbocycles. The van der Waals surface area contributed by atoms with Crippen molar-refractivity contribution in [2.75, 3.05) is 33.2 Å². The fourth-order valence-corrected chi connectivity index (χ4v) is 3.01. The first-order valence-electron chi connectivity index (χ1n) is 7.07. The highest BCUT2D eigenvalue weighted by Gasteiger charge is 2.20. The number of halogens is 2. The third kappa shape index (κ3) is 3.30. The van der Waals surface area contributed by atoms with Crippen molar-refractivity contribution in [2.24, 2.45) is 0 Å². The predicted molar refractivity (Wildman–Crippen MR) is 94.9 cm³/mol. The third-order valence-corrected chi connectivity index (χ3v) is 5.01. The molecule has 0 spiro atoms. The standard InChI is InChI=1S/C16H16Cl2N2OS/c1-19-6-8-20(9-7-19)16(22)15-5-4-14(21-15)11-2-3-12(17)13(18)10-11/h2-5,10H,6-9H2,1H3. The molecule has 1 aromatic heterocycles. The molecule has 0 bridgehead atoms.